The first-order chi connectivity index (χ1) is 12.6. The largest absolute Gasteiger partial charge is 0.493 e. The number of urea groups is 1. The molecule has 0 aromatic heterocycles. The minimum absolute atomic E-state index is 0.0170. The first-order valence-corrected chi connectivity index (χ1v) is 9.18. The van der Waals surface area contributed by atoms with Crippen LogP contribution in [0.2, 0.25) is 0 Å². The minimum atomic E-state index is -0.0515. The molecule has 26 heavy (non-hydrogen) atoms. The Kier molecular flexibility index (Phi) is 7.56. The lowest BCUT2D eigenvalue weighted by atomic mass is 10.1. The van der Waals surface area contributed by atoms with Gasteiger partial charge in [0.15, 0.2) is 18.1 Å². The number of nitrogens with one attached hydrogen (secondary N) is 1. The van der Waals surface area contributed by atoms with Crippen LogP contribution in [0.15, 0.2) is 24.3 Å². The molecule has 1 aliphatic rings. The normalized spacial score (nSPS) is 14.7. The fourth-order valence-corrected chi connectivity index (χ4v) is 3.02. The van der Waals surface area contributed by atoms with E-state index in [1.165, 1.54) is 0 Å². The van der Waals surface area contributed by atoms with Crippen LogP contribution in [0.25, 0.3) is 0 Å². The molecule has 1 aromatic rings. The highest BCUT2D eigenvalue weighted by Crippen LogP contribution is 2.25. The van der Waals surface area contributed by atoms with E-state index >= 15 is 0 Å². The van der Waals surface area contributed by atoms with Gasteiger partial charge in [-0.2, -0.15) is 0 Å². The van der Waals surface area contributed by atoms with E-state index in [0.29, 0.717) is 37.7 Å². The second kappa shape index (κ2) is 9.89. The Labute approximate surface area is 155 Å². The zero-order valence-electron chi connectivity index (χ0n) is 15.9. The van der Waals surface area contributed by atoms with Crippen molar-refractivity contribution in [1.82, 2.24) is 15.1 Å². The predicted octanol–water partition coefficient (Wildman–Crippen LogP) is 2.12. The Morgan fingerprint density at radius 1 is 1.15 bits per heavy atom. The van der Waals surface area contributed by atoms with Crippen LogP contribution in [0, 0.1) is 0 Å². The van der Waals surface area contributed by atoms with Gasteiger partial charge in [-0.05, 0) is 38.8 Å². The third-order valence-corrected chi connectivity index (χ3v) is 4.65. The summed E-state index contributed by atoms with van der Waals surface area (Å²) < 4.78 is 10.8. The van der Waals surface area contributed by atoms with Crippen LogP contribution >= 0.6 is 0 Å². The maximum Gasteiger partial charge on any atom is 0.317 e. The quantitative estimate of drug-likeness (QED) is 0.805. The number of carbonyl (C=O) groups excluding carboxylic acids is 2. The molecule has 1 fully saturated rings. The summed E-state index contributed by atoms with van der Waals surface area (Å²) in [6, 6.07) is 7.35. The molecule has 1 aliphatic heterocycles. The van der Waals surface area contributed by atoms with E-state index in [1.54, 1.807) is 29.0 Å². The lowest BCUT2D eigenvalue weighted by molar-refractivity contribution is -0.134. The number of amides is 3. The van der Waals surface area contributed by atoms with Crippen LogP contribution < -0.4 is 14.8 Å². The van der Waals surface area contributed by atoms with E-state index in [-0.39, 0.29) is 24.6 Å². The van der Waals surface area contributed by atoms with Crippen LogP contribution in [0.3, 0.4) is 0 Å². The van der Waals surface area contributed by atoms with E-state index in [1.807, 2.05) is 26.0 Å². The minimum Gasteiger partial charge on any atom is -0.493 e. The number of para-hydroxylation sites is 2. The number of hydrogen-bond acceptors (Lipinski definition) is 4. The summed E-state index contributed by atoms with van der Waals surface area (Å²) in [5.41, 5.74) is 0. The molecule has 0 bridgehead atoms. The first-order valence-electron chi connectivity index (χ1n) is 9.18. The van der Waals surface area contributed by atoms with Crippen LogP contribution in [0.4, 0.5) is 4.79 Å². The van der Waals surface area contributed by atoms with Crippen LogP contribution in [0.5, 0.6) is 11.5 Å². The monoisotopic (exact) mass is 363 g/mol. The van der Waals surface area contributed by atoms with Crippen molar-refractivity contribution in [1.29, 1.82) is 0 Å². The van der Waals surface area contributed by atoms with Crippen molar-refractivity contribution in [3.8, 4) is 11.5 Å². The Bertz CT molecular complexity index is 596. The number of piperidine rings is 1. The van der Waals surface area contributed by atoms with E-state index in [9.17, 15) is 9.59 Å². The first kappa shape index (κ1) is 19.9. The predicted molar refractivity (Wildman–Crippen MR) is 99.5 cm³/mol. The SMILES string of the molecule is CCN(CC)C(=O)NC1CCN(C(=O)COc2ccccc2OC)CC1. The topological polar surface area (TPSA) is 71.1 Å². The summed E-state index contributed by atoms with van der Waals surface area (Å²) in [7, 11) is 1.57. The second-order valence-corrected chi connectivity index (χ2v) is 6.22. The molecule has 7 heteroatoms. The third kappa shape index (κ3) is 5.28. The molecule has 144 valence electrons. The molecule has 1 aromatic carbocycles. The van der Waals surface area contributed by atoms with Gasteiger partial charge < -0.3 is 24.6 Å². The molecular formula is C19H29N3O4. The zero-order valence-corrected chi connectivity index (χ0v) is 15.9. The zero-order chi connectivity index (χ0) is 18.9. The Morgan fingerprint density at radius 2 is 1.77 bits per heavy atom. The number of rotatable bonds is 7. The smallest absolute Gasteiger partial charge is 0.317 e. The number of ether oxygens (including phenoxy) is 2. The lowest BCUT2D eigenvalue weighted by Gasteiger charge is -2.33. The Balaban J connectivity index is 1.77. The average molecular weight is 363 g/mol. The van der Waals surface area contributed by atoms with Gasteiger partial charge in [-0.3, -0.25) is 4.79 Å². The molecule has 0 saturated carbocycles. The number of hydrogen-bond donors (Lipinski definition) is 1. The van der Waals surface area contributed by atoms with Crippen molar-refractivity contribution in [2.24, 2.45) is 0 Å². The third-order valence-electron chi connectivity index (χ3n) is 4.65. The molecule has 0 aliphatic carbocycles. The molecule has 1 N–H and O–H groups in total. The van der Waals surface area contributed by atoms with Gasteiger partial charge in [0, 0.05) is 32.2 Å². The van der Waals surface area contributed by atoms with Gasteiger partial charge in [0.2, 0.25) is 0 Å². The van der Waals surface area contributed by atoms with Gasteiger partial charge in [-0.15, -0.1) is 0 Å². The Morgan fingerprint density at radius 3 is 2.35 bits per heavy atom. The van der Waals surface area contributed by atoms with Gasteiger partial charge in [0.05, 0.1) is 7.11 Å². The van der Waals surface area contributed by atoms with Crippen molar-refractivity contribution < 1.29 is 19.1 Å². The molecule has 0 spiro atoms. The van der Waals surface area contributed by atoms with Gasteiger partial charge in [-0.25, -0.2) is 4.79 Å². The molecule has 1 saturated heterocycles. The van der Waals surface area contributed by atoms with Crippen molar-refractivity contribution >= 4 is 11.9 Å². The molecule has 7 nitrogen and oxygen atoms in total. The average Bonchev–Trinajstić information content (AvgIpc) is 2.67. The van der Waals surface area contributed by atoms with Crippen LogP contribution in [0.1, 0.15) is 26.7 Å². The van der Waals surface area contributed by atoms with E-state index in [4.69, 9.17) is 9.47 Å². The molecule has 3 amide bonds. The summed E-state index contributed by atoms with van der Waals surface area (Å²) >= 11 is 0. The molecule has 0 radical (unpaired) electrons. The van der Waals surface area contributed by atoms with Crippen molar-refractivity contribution in [2.75, 3.05) is 39.9 Å². The van der Waals surface area contributed by atoms with Crippen LogP contribution in [-0.2, 0) is 4.79 Å². The van der Waals surface area contributed by atoms with Gasteiger partial charge >= 0.3 is 6.03 Å². The molecule has 0 unspecified atom stereocenters. The summed E-state index contributed by atoms with van der Waals surface area (Å²) in [6.07, 6.45) is 1.51. The fourth-order valence-electron chi connectivity index (χ4n) is 3.02. The van der Waals surface area contributed by atoms with Gasteiger partial charge in [-0.1, -0.05) is 12.1 Å². The number of carbonyl (C=O) groups is 2. The highest BCUT2D eigenvalue weighted by Gasteiger charge is 2.25. The maximum atomic E-state index is 12.4. The molecule has 2 rings (SSSR count). The van der Waals surface area contributed by atoms with Gasteiger partial charge in [0.1, 0.15) is 0 Å². The standard InChI is InChI=1S/C19H29N3O4/c1-4-21(5-2)19(24)20-15-10-12-22(13-11-15)18(23)14-26-17-9-7-6-8-16(17)25-3/h6-9,15H,4-5,10-14H2,1-3H3,(H,20,24). The van der Waals surface area contributed by atoms with Crippen LogP contribution in [-0.4, -0.2) is 67.7 Å². The van der Waals surface area contributed by atoms with Crippen molar-refractivity contribution in [2.45, 2.75) is 32.7 Å². The fraction of sp³-hybridized carbons (Fsp3) is 0.579. The molecule has 0 atom stereocenters. The Hall–Kier alpha value is -2.44. The summed E-state index contributed by atoms with van der Waals surface area (Å²) in [4.78, 5) is 28.0. The highest BCUT2D eigenvalue weighted by atomic mass is 16.5. The maximum absolute atomic E-state index is 12.4. The summed E-state index contributed by atoms with van der Waals surface area (Å²) in [6.45, 7) is 6.55. The second-order valence-electron chi connectivity index (χ2n) is 6.22. The lowest BCUT2D eigenvalue weighted by Crippen LogP contribution is -2.50. The molecule has 1 heterocycles. The number of nitrogens with zero attached hydrogens (tertiary/aromatic N) is 2. The van der Waals surface area contributed by atoms with Gasteiger partial charge in [0.25, 0.3) is 5.91 Å². The van der Waals surface area contributed by atoms with E-state index in [2.05, 4.69) is 5.32 Å². The highest BCUT2D eigenvalue weighted by molar-refractivity contribution is 5.78. The van der Waals surface area contributed by atoms with Crippen molar-refractivity contribution in [3.05, 3.63) is 24.3 Å². The number of benzene rings is 1. The number of methoxy groups -OCH3 is 1. The van der Waals surface area contributed by atoms with Crippen molar-refractivity contribution in [3.63, 3.8) is 0 Å². The van der Waals surface area contributed by atoms with E-state index in [0.717, 1.165) is 12.8 Å². The van der Waals surface area contributed by atoms with E-state index < -0.39 is 0 Å². The summed E-state index contributed by atoms with van der Waals surface area (Å²) in [5.74, 6) is 1.12. The number of likely N-dealkylation sites (tertiary alicyclic amines) is 1. The summed E-state index contributed by atoms with van der Waals surface area (Å²) in [5, 5.41) is 3.05. The molecular weight excluding hydrogens is 334 g/mol.